The molecule has 0 aromatic rings. The Morgan fingerprint density at radius 1 is 1.54 bits per heavy atom. The van der Waals surface area contributed by atoms with Crippen LogP contribution >= 0.6 is 0 Å². The summed E-state index contributed by atoms with van der Waals surface area (Å²) in [5, 5.41) is 10.4. The fourth-order valence-electron chi connectivity index (χ4n) is 0.704. The topological polar surface area (TPSA) is 75.6 Å². The Kier molecular flexibility index (Phi) is 3.65. The molecule has 0 fully saturated rings. The van der Waals surface area contributed by atoms with Crippen molar-refractivity contribution in [2.45, 2.75) is 25.6 Å². The van der Waals surface area contributed by atoms with E-state index >= 15 is 0 Å². The molecule has 0 bridgehead atoms. The van der Waals surface area contributed by atoms with Crippen LogP contribution in [0.1, 0.15) is 13.8 Å². The van der Waals surface area contributed by atoms with E-state index in [1.807, 2.05) is 5.32 Å². The Morgan fingerprint density at radius 3 is 2.23 bits per heavy atom. The first kappa shape index (κ1) is 11.7. The molecule has 0 heterocycles. The van der Waals surface area contributed by atoms with Crippen LogP contribution in [0.25, 0.3) is 0 Å². The van der Waals surface area contributed by atoms with Gasteiger partial charge < -0.3 is 15.2 Å². The van der Waals surface area contributed by atoms with Gasteiger partial charge in [-0.3, -0.25) is 0 Å². The van der Waals surface area contributed by atoms with E-state index in [2.05, 4.69) is 4.74 Å². The van der Waals surface area contributed by atoms with E-state index in [0.717, 1.165) is 21.0 Å². The second-order valence-electron chi connectivity index (χ2n) is 2.97. The van der Waals surface area contributed by atoms with Crippen LogP contribution in [0.2, 0.25) is 0 Å². The molecule has 0 radical (unpaired) electrons. The number of alkyl halides is 1. The SMILES string of the molecule is COC(=O)NC(C(=O)O)C(C)(C)F. The quantitative estimate of drug-likeness (QED) is 0.686. The molecule has 1 amide bonds. The predicted octanol–water partition coefficient (Wildman–Crippen LogP) is 0.544. The maximum absolute atomic E-state index is 13.1. The molecule has 0 saturated heterocycles. The molecular weight excluding hydrogens is 181 g/mol. The summed E-state index contributed by atoms with van der Waals surface area (Å²) in [6.45, 7) is 2.11. The minimum Gasteiger partial charge on any atom is -0.480 e. The number of rotatable bonds is 3. The predicted molar refractivity (Wildman–Crippen MR) is 42.2 cm³/mol. The molecule has 1 unspecified atom stereocenters. The number of aliphatic carboxylic acids is 1. The Hall–Kier alpha value is -1.33. The second-order valence-corrected chi connectivity index (χ2v) is 2.97. The summed E-state index contributed by atoms with van der Waals surface area (Å²) < 4.78 is 17.3. The van der Waals surface area contributed by atoms with Gasteiger partial charge in [-0.25, -0.2) is 14.0 Å². The molecule has 0 aliphatic heterocycles. The number of methoxy groups -OCH3 is 1. The summed E-state index contributed by atoms with van der Waals surface area (Å²) in [6, 6.07) is -1.61. The van der Waals surface area contributed by atoms with Gasteiger partial charge in [-0.05, 0) is 13.8 Å². The smallest absolute Gasteiger partial charge is 0.407 e. The zero-order valence-electron chi connectivity index (χ0n) is 7.63. The van der Waals surface area contributed by atoms with Crippen molar-refractivity contribution in [3.8, 4) is 0 Å². The van der Waals surface area contributed by atoms with E-state index < -0.39 is 23.8 Å². The molecule has 76 valence electrons. The van der Waals surface area contributed by atoms with Crippen LogP contribution in [-0.2, 0) is 9.53 Å². The molecule has 2 N–H and O–H groups in total. The highest BCUT2D eigenvalue weighted by Gasteiger charge is 2.36. The van der Waals surface area contributed by atoms with Crippen molar-refractivity contribution in [3.05, 3.63) is 0 Å². The summed E-state index contributed by atoms with van der Waals surface area (Å²) in [7, 11) is 1.07. The molecule has 13 heavy (non-hydrogen) atoms. The van der Waals surface area contributed by atoms with E-state index in [9.17, 15) is 14.0 Å². The number of ether oxygens (including phenoxy) is 1. The largest absolute Gasteiger partial charge is 0.480 e. The fourth-order valence-corrected chi connectivity index (χ4v) is 0.704. The maximum atomic E-state index is 13.1. The van der Waals surface area contributed by atoms with Crippen LogP contribution in [0, 0.1) is 0 Å². The molecule has 5 nitrogen and oxygen atoms in total. The summed E-state index contributed by atoms with van der Waals surface area (Å²) in [5.74, 6) is -1.45. The molecular formula is C7H12FNO4. The average Bonchev–Trinajstić information content (AvgIpc) is 1.96. The van der Waals surface area contributed by atoms with Gasteiger partial charge in [0.25, 0.3) is 0 Å². The Morgan fingerprint density at radius 2 is 2.00 bits per heavy atom. The normalized spacial score (nSPS) is 13.2. The van der Waals surface area contributed by atoms with E-state index in [4.69, 9.17) is 5.11 Å². The minimum absolute atomic E-state index is 0.974. The van der Waals surface area contributed by atoms with Crippen LogP contribution < -0.4 is 5.32 Å². The van der Waals surface area contributed by atoms with Crippen molar-refractivity contribution in [1.29, 1.82) is 0 Å². The van der Waals surface area contributed by atoms with Crippen LogP contribution in [0.4, 0.5) is 9.18 Å². The third-order valence-electron chi connectivity index (χ3n) is 1.38. The van der Waals surface area contributed by atoms with Crippen LogP contribution in [0.5, 0.6) is 0 Å². The highest BCUT2D eigenvalue weighted by molar-refractivity contribution is 5.81. The Labute approximate surface area is 74.9 Å². The maximum Gasteiger partial charge on any atom is 0.407 e. The lowest BCUT2D eigenvalue weighted by atomic mass is 10.0. The fraction of sp³-hybridized carbons (Fsp3) is 0.714. The first-order valence-corrected chi connectivity index (χ1v) is 3.55. The summed E-state index contributed by atoms with van der Waals surface area (Å²) >= 11 is 0. The van der Waals surface area contributed by atoms with Crippen LogP contribution in [0.15, 0.2) is 0 Å². The molecule has 0 aliphatic carbocycles. The minimum atomic E-state index is -2.04. The second kappa shape index (κ2) is 4.06. The lowest BCUT2D eigenvalue weighted by Crippen LogP contribution is -2.51. The molecule has 0 spiro atoms. The molecule has 1 atom stereocenters. The van der Waals surface area contributed by atoms with Crippen molar-refractivity contribution in [1.82, 2.24) is 5.32 Å². The lowest BCUT2D eigenvalue weighted by molar-refractivity contribution is -0.142. The van der Waals surface area contributed by atoms with E-state index in [1.165, 1.54) is 0 Å². The Balaban J connectivity index is 4.46. The number of carboxylic acids is 1. The number of carbonyl (C=O) groups is 2. The standard InChI is InChI=1S/C7H12FNO4/c1-7(2,8)4(5(10)11)9-6(12)13-3/h4H,1-3H3,(H,9,12)(H,10,11). The van der Waals surface area contributed by atoms with E-state index in [1.54, 1.807) is 0 Å². The van der Waals surface area contributed by atoms with Crippen LogP contribution in [-0.4, -0.2) is 36.0 Å². The van der Waals surface area contributed by atoms with Crippen molar-refractivity contribution < 1.29 is 23.8 Å². The van der Waals surface area contributed by atoms with Gasteiger partial charge in [0.15, 0.2) is 6.04 Å². The third kappa shape index (κ3) is 3.73. The summed E-state index contributed by atoms with van der Waals surface area (Å²) in [5.41, 5.74) is -2.04. The van der Waals surface area contributed by atoms with Gasteiger partial charge >= 0.3 is 12.1 Å². The number of amides is 1. The van der Waals surface area contributed by atoms with Crippen molar-refractivity contribution in [3.63, 3.8) is 0 Å². The van der Waals surface area contributed by atoms with Gasteiger partial charge in [0.05, 0.1) is 7.11 Å². The van der Waals surface area contributed by atoms with Crippen LogP contribution in [0.3, 0.4) is 0 Å². The molecule has 6 heteroatoms. The van der Waals surface area contributed by atoms with Gasteiger partial charge in [-0.2, -0.15) is 0 Å². The number of carbonyl (C=O) groups excluding carboxylic acids is 1. The molecule has 0 aromatic carbocycles. The Bertz CT molecular complexity index is 211. The number of hydrogen-bond donors (Lipinski definition) is 2. The molecule has 0 aromatic heterocycles. The number of hydrogen-bond acceptors (Lipinski definition) is 3. The van der Waals surface area contributed by atoms with Gasteiger partial charge in [0, 0.05) is 0 Å². The number of alkyl carbamates (subject to hydrolysis) is 1. The highest BCUT2D eigenvalue weighted by atomic mass is 19.1. The van der Waals surface area contributed by atoms with E-state index in [0.29, 0.717) is 0 Å². The third-order valence-corrected chi connectivity index (χ3v) is 1.38. The summed E-state index contributed by atoms with van der Waals surface area (Å²) in [4.78, 5) is 21.1. The number of carboxylic acid groups (broad SMARTS) is 1. The number of nitrogens with one attached hydrogen (secondary N) is 1. The van der Waals surface area contributed by atoms with Gasteiger partial charge in [-0.1, -0.05) is 0 Å². The molecule has 0 aliphatic rings. The zero-order chi connectivity index (χ0) is 10.6. The van der Waals surface area contributed by atoms with Gasteiger partial charge in [0.2, 0.25) is 0 Å². The number of halogens is 1. The average molecular weight is 193 g/mol. The van der Waals surface area contributed by atoms with Gasteiger partial charge in [0.1, 0.15) is 5.67 Å². The van der Waals surface area contributed by atoms with Crippen molar-refractivity contribution in [2.24, 2.45) is 0 Å². The van der Waals surface area contributed by atoms with E-state index in [-0.39, 0.29) is 0 Å². The van der Waals surface area contributed by atoms with Gasteiger partial charge in [-0.15, -0.1) is 0 Å². The molecule has 0 rings (SSSR count). The lowest BCUT2D eigenvalue weighted by Gasteiger charge is -2.23. The summed E-state index contributed by atoms with van der Waals surface area (Å²) in [6.07, 6.45) is -0.974. The molecule has 0 saturated carbocycles. The van der Waals surface area contributed by atoms with Crippen molar-refractivity contribution >= 4 is 12.1 Å². The van der Waals surface area contributed by atoms with Crippen molar-refractivity contribution in [2.75, 3.05) is 7.11 Å². The monoisotopic (exact) mass is 193 g/mol. The first-order chi connectivity index (χ1) is 5.79. The zero-order valence-corrected chi connectivity index (χ0v) is 7.63. The first-order valence-electron chi connectivity index (χ1n) is 3.55. The highest BCUT2D eigenvalue weighted by Crippen LogP contribution is 2.14.